The van der Waals surface area contributed by atoms with Crippen LogP contribution in [0.3, 0.4) is 0 Å². The van der Waals surface area contributed by atoms with Crippen molar-refractivity contribution in [3.05, 3.63) is 29.8 Å². The third kappa shape index (κ3) is 3.03. The quantitative estimate of drug-likeness (QED) is 0.584. The lowest BCUT2D eigenvalue weighted by atomic mass is 10.2. The summed E-state index contributed by atoms with van der Waals surface area (Å²) in [6, 6.07) is 6.97. The van der Waals surface area contributed by atoms with Crippen molar-refractivity contribution in [1.82, 2.24) is 0 Å². The average molecular weight is 206 g/mol. The molecule has 0 spiro atoms. The van der Waals surface area contributed by atoms with Crippen molar-refractivity contribution in [2.24, 2.45) is 0 Å². The summed E-state index contributed by atoms with van der Waals surface area (Å²) in [4.78, 5) is 0.593. The second-order valence-corrected chi connectivity index (χ2v) is 3.56. The molecule has 0 aliphatic rings. The Morgan fingerprint density at radius 2 is 1.83 bits per heavy atom. The smallest absolute Gasteiger partial charge is 0.198 e. The molecule has 1 aromatic rings. The van der Waals surface area contributed by atoms with Gasteiger partial charge in [-0.25, -0.2) is 0 Å². The van der Waals surface area contributed by atoms with Gasteiger partial charge in [0.25, 0.3) is 5.76 Å². The lowest BCUT2D eigenvalue weighted by Gasteiger charge is -2.00. The predicted molar refractivity (Wildman–Crippen MR) is 51.0 cm³/mol. The molecule has 0 heterocycles. The molecule has 0 saturated heterocycles. The van der Waals surface area contributed by atoms with Gasteiger partial charge in [0.05, 0.1) is 0 Å². The Labute approximate surface area is 79.8 Å². The minimum Gasteiger partial charge on any atom is -0.198 e. The zero-order valence-electron chi connectivity index (χ0n) is 6.21. The van der Waals surface area contributed by atoms with Gasteiger partial charge in [0.2, 0.25) is 0 Å². The normalized spacial score (nSPS) is 10.7. The molecular formula is C8H8F2S2. The summed E-state index contributed by atoms with van der Waals surface area (Å²) in [6.07, 6.45) is 0. The van der Waals surface area contributed by atoms with Gasteiger partial charge in [-0.3, -0.25) is 0 Å². The van der Waals surface area contributed by atoms with E-state index in [1.54, 1.807) is 24.3 Å². The standard InChI is InChI=1S/C8H8F2S2/c9-8(10)12-7-3-1-6(5-11)2-4-7/h1-4,8,11H,5H2. The first kappa shape index (κ1) is 9.86. The molecule has 0 radical (unpaired) electrons. The van der Waals surface area contributed by atoms with Gasteiger partial charge in [-0.15, -0.1) is 0 Å². The molecule has 0 N–H and O–H groups in total. The van der Waals surface area contributed by atoms with Gasteiger partial charge in [0.1, 0.15) is 0 Å². The highest BCUT2D eigenvalue weighted by molar-refractivity contribution is 7.99. The highest BCUT2D eigenvalue weighted by Gasteiger charge is 2.03. The molecule has 12 heavy (non-hydrogen) atoms. The molecule has 0 fully saturated rings. The molecule has 1 rings (SSSR count). The van der Waals surface area contributed by atoms with Crippen LogP contribution in [-0.2, 0) is 5.75 Å². The predicted octanol–water partition coefficient (Wildman–Crippen LogP) is 3.43. The molecule has 66 valence electrons. The summed E-state index contributed by atoms with van der Waals surface area (Å²) >= 11 is 4.62. The third-order valence-corrected chi connectivity index (χ3v) is 2.42. The maximum Gasteiger partial charge on any atom is 0.288 e. The number of thioether (sulfide) groups is 1. The van der Waals surface area contributed by atoms with E-state index in [0.717, 1.165) is 5.56 Å². The van der Waals surface area contributed by atoms with Crippen LogP contribution in [-0.4, -0.2) is 5.76 Å². The van der Waals surface area contributed by atoms with Crippen LogP contribution in [0.25, 0.3) is 0 Å². The van der Waals surface area contributed by atoms with Crippen LogP contribution in [0.2, 0.25) is 0 Å². The molecule has 0 bridgehead atoms. The lowest BCUT2D eigenvalue weighted by molar-refractivity contribution is 0.252. The Balaban J connectivity index is 2.65. The van der Waals surface area contributed by atoms with Crippen molar-refractivity contribution < 1.29 is 8.78 Å². The van der Waals surface area contributed by atoms with Gasteiger partial charge in [-0.1, -0.05) is 23.9 Å². The summed E-state index contributed by atoms with van der Waals surface area (Å²) in [5, 5.41) is 0. The number of rotatable bonds is 3. The van der Waals surface area contributed by atoms with Crippen LogP contribution in [0, 0.1) is 0 Å². The Kier molecular flexibility index (Phi) is 3.88. The fourth-order valence-corrected chi connectivity index (χ4v) is 1.49. The topological polar surface area (TPSA) is 0 Å². The van der Waals surface area contributed by atoms with Crippen LogP contribution in [0.15, 0.2) is 29.2 Å². The van der Waals surface area contributed by atoms with Crippen molar-refractivity contribution in [1.29, 1.82) is 0 Å². The van der Waals surface area contributed by atoms with E-state index in [1.807, 2.05) is 0 Å². The zero-order valence-corrected chi connectivity index (χ0v) is 7.92. The van der Waals surface area contributed by atoms with E-state index in [0.29, 0.717) is 22.4 Å². The van der Waals surface area contributed by atoms with Crippen LogP contribution < -0.4 is 0 Å². The molecule has 0 aliphatic heterocycles. The van der Waals surface area contributed by atoms with E-state index in [1.165, 1.54) is 0 Å². The number of alkyl halides is 2. The molecule has 0 aliphatic carbocycles. The van der Waals surface area contributed by atoms with Crippen LogP contribution in [0.5, 0.6) is 0 Å². The maximum absolute atomic E-state index is 11.9. The van der Waals surface area contributed by atoms with Gasteiger partial charge >= 0.3 is 0 Å². The molecule has 0 unspecified atom stereocenters. The number of thiol groups is 1. The van der Waals surface area contributed by atoms with Crippen LogP contribution >= 0.6 is 24.4 Å². The summed E-state index contributed by atoms with van der Waals surface area (Å²) in [6.45, 7) is 0. The second kappa shape index (κ2) is 4.72. The summed E-state index contributed by atoms with van der Waals surface area (Å²) in [5.74, 6) is -1.70. The van der Waals surface area contributed by atoms with Gasteiger partial charge in [-0.2, -0.15) is 21.4 Å². The minimum absolute atomic E-state index is 0.559. The Morgan fingerprint density at radius 3 is 2.25 bits per heavy atom. The SMILES string of the molecule is FC(F)Sc1ccc(CS)cc1. The van der Waals surface area contributed by atoms with Gasteiger partial charge in [0, 0.05) is 10.6 Å². The van der Waals surface area contributed by atoms with E-state index < -0.39 is 5.76 Å². The second-order valence-electron chi connectivity index (χ2n) is 2.18. The lowest BCUT2D eigenvalue weighted by Crippen LogP contribution is -1.82. The van der Waals surface area contributed by atoms with Gasteiger partial charge in [0.15, 0.2) is 0 Å². The van der Waals surface area contributed by atoms with Crippen molar-refractivity contribution in [3.63, 3.8) is 0 Å². The van der Waals surface area contributed by atoms with E-state index in [4.69, 9.17) is 0 Å². The molecule has 0 atom stereocenters. The minimum atomic E-state index is -2.34. The largest absolute Gasteiger partial charge is 0.288 e. The monoisotopic (exact) mass is 206 g/mol. The highest BCUT2D eigenvalue weighted by atomic mass is 32.2. The molecular weight excluding hydrogens is 198 g/mol. The fraction of sp³-hybridized carbons (Fsp3) is 0.250. The summed E-state index contributed by atoms with van der Waals surface area (Å²) in [7, 11) is 0. The highest BCUT2D eigenvalue weighted by Crippen LogP contribution is 2.25. The first-order chi connectivity index (χ1) is 5.72. The van der Waals surface area contributed by atoms with Gasteiger partial charge in [-0.05, 0) is 17.7 Å². The number of hydrogen-bond donors (Lipinski definition) is 1. The third-order valence-electron chi connectivity index (χ3n) is 1.33. The van der Waals surface area contributed by atoms with E-state index >= 15 is 0 Å². The number of halogens is 2. The molecule has 0 saturated carbocycles. The first-order valence-electron chi connectivity index (χ1n) is 3.37. The zero-order chi connectivity index (χ0) is 8.97. The summed E-state index contributed by atoms with van der Waals surface area (Å²) in [5.41, 5.74) is 1.04. The Morgan fingerprint density at radius 1 is 1.25 bits per heavy atom. The van der Waals surface area contributed by atoms with E-state index in [-0.39, 0.29) is 0 Å². The molecule has 1 aromatic carbocycles. The fourth-order valence-electron chi connectivity index (χ4n) is 0.776. The maximum atomic E-state index is 11.9. The van der Waals surface area contributed by atoms with Crippen molar-refractivity contribution in [2.75, 3.05) is 0 Å². The number of benzene rings is 1. The summed E-state index contributed by atoms with van der Waals surface area (Å²) < 4.78 is 23.7. The van der Waals surface area contributed by atoms with Crippen LogP contribution in [0.1, 0.15) is 5.56 Å². The molecule has 0 amide bonds. The van der Waals surface area contributed by atoms with Crippen molar-refractivity contribution >= 4 is 24.4 Å². The Bertz CT molecular complexity index is 233. The first-order valence-corrected chi connectivity index (χ1v) is 4.88. The van der Waals surface area contributed by atoms with Crippen molar-refractivity contribution in [3.8, 4) is 0 Å². The van der Waals surface area contributed by atoms with Crippen LogP contribution in [0.4, 0.5) is 8.78 Å². The van der Waals surface area contributed by atoms with Gasteiger partial charge < -0.3 is 0 Å². The van der Waals surface area contributed by atoms with E-state index in [2.05, 4.69) is 12.6 Å². The molecule has 0 nitrogen and oxygen atoms in total. The average Bonchev–Trinajstić information content (AvgIpc) is 2.05. The molecule has 4 heteroatoms. The number of hydrogen-bond acceptors (Lipinski definition) is 2. The Hall–Kier alpha value is -0.220. The van der Waals surface area contributed by atoms with E-state index in [9.17, 15) is 8.78 Å². The molecule has 0 aromatic heterocycles. The van der Waals surface area contributed by atoms with Crippen molar-refractivity contribution in [2.45, 2.75) is 16.4 Å².